The third kappa shape index (κ3) is 1.01. The Morgan fingerprint density at radius 2 is 2.36 bits per heavy atom. The highest BCUT2D eigenvalue weighted by molar-refractivity contribution is 9.10. The molecule has 0 aromatic carbocycles. The first kappa shape index (κ1) is 9.03. The van der Waals surface area contributed by atoms with Gasteiger partial charge in [-0.2, -0.15) is 5.10 Å². The Labute approximate surface area is 89.3 Å². The van der Waals surface area contributed by atoms with E-state index in [0.717, 1.165) is 15.7 Å². The minimum Gasteiger partial charge on any atom is -0.382 e. The topological polar surface area (TPSA) is 56.2 Å². The van der Waals surface area contributed by atoms with Crippen LogP contribution in [0.2, 0.25) is 0 Å². The smallest absolute Gasteiger partial charge is 0.152 e. The molecule has 2 rings (SSSR count). The summed E-state index contributed by atoms with van der Waals surface area (Å²) in [5.74, 6) is 2.98. The number of rotatable bonds is 0. The molecule has 0 bridgehead atoms. The van der Waals surface area contributed by atoms with Gasteiger partial charge in [0.05, 0.1) is 5.56 Å². The van der Waals surface area contributed by atoms with Gasteiger partial charge < -0.3 is 5.73 Å². The lowest BCUT2D eigenvalue weighted by Gasteiger charge is -1.97. The van der Waals surface area contributed by atoms with E-state index in [0.29, 0.717) is 11.3 Å². The highest BCUT2D eigenvalue weighted by Gasteiger charge is 2.14. The number of hydrogen-bond acceptors (Lipinski definition) is 3. The van der Waals surface area contributed by atoms with Gasteiger partial charge in [0.25, 0.3) is 0 Å². The fraction of sp³-hybridized carbons (Fsp3) is 0.111. The Bertz CT molecular complexity index is 550. The number of nitrogens with two attached hydrogens (primary N) is 1. The lowest BCUT2D eigenvalue weighted by Crippen LogP contribution is -1.99. The van der Waals surface area contributed by atoms with Crippen LogP contribution in [0, 0.1) is 19.3 Å². The zero-order valence-electron chi connectivity index (χ0n) is 7.45. The van der Waals surface area contributed by atoms with Crippen LogP contribution in [0.25, 0.3) is 5.52 Å². The number of nitrogens with zero attached hydrogens (tertiary/aromatic N) is 3. The summed E-state index contributed by atoms with van der Waals surface area (Å²) in [5, 5.41) is 4.05. The zero-order valence-corrected chi connectivity index (χ0v) is 9.04. The van der Waals surface area contributed by atoms with Crippen molar-refractivity contribution < 1.29 is 0 Å². The molecule has 70 valence electrons. The molecule has 0 saturated heterocycles. The van der Waals surface area contributed by atoms with E-state index in [2.05, 4.69) is 31.9 Å². The van der Waals surface area contributed by atoms with E-state index in [9.17, 15) is 0 Å². The minimum atomic E-state index is 0.391. The first-order valence-corrected chi connectivity index (χ1v) is 4.70. The fourth-order valence-electron chi connectivity index (χ4n) is 1.37. The van der Waals surface area contributed by atoms with Crippen molar-refractivity contribution in [1.29, 1.82) is 0 Å². The summed E-state index contributed by atoms with van der Waals surface area (Å²) in [5.41, 5.74) is 8.08. The predicted octanol–water partition coefficient (Wildman–Crippen LogP) is 1.36. The van der Waals surface area contributed by atoms with Crippen molar-refractivity contribution in [3.05, 3.63) is 22.1 Å². The maximum absolute atomic E-state index is 5.73. The molecule has 0 amide bonds. The Hall–Kier alpha value is -1.54. The average molecular weight is 251 g/mol. The predicted molar refractivity (Wildman–Crippen MR) is 57.8 cm³/mol. The van der Waals surface area contributed by atoms with Gasteiger partial charge in [-0.05, 0) is 28.4 Å². The van der Waals surface area contributed by atoms with E-state index in [-0.39, 0.29) is 0 Å². The SMILES string of the molecule is C#Cc1c(C)c(Br)n2ncnc(N)c12. The summed E-state index contributed by atoms with van der Waals surface area (Å²) >= 11 is 3.40. The van der Waals surface area contributed by atoms with E-state index in [1.54, 1.807) is 4.52 Å². The molecule has 2 aromatic rings. The molecule has 5 heteroatoms. The molecule has 0 fully saturated rings. The van der Waals surface area contributed by atoms with Crippen LogP contribution in [0.15, 0.2) is 10.9 Å². The minimum absolute atomic E-state index is 0.391. The summed E-state index contributed by atoms with van der Waals surface area (Å²) in [6.07, 6.45) is 6.80. The molecule has 14 heavy (non-hydrogen) atoms. The van der Waals surface area contributed by atoms with Gasteiger partial charge >= 0.3 is 0 Å². The second kappa shape index (κ2) is 3.00. The van der Waals surface area contributed by atoms with E-state index >= 15 is 0 Å². The molecular weight excluding hydrogens is 244 g/mol. The number of halogens is 1. The van der Waals surface area contributed by atoms with Gasteiger partial charge in [0, 0.05) is 0 Å². The second-order valence-electron chi connectivity index (χ2n) is 2.84. The molecule has 0 aliphatic rings. The highest BCUT2D eigenvalue weighted by atomic mass is 79.9. The molecule has 0 spiro atoms. The maximum atomic E-state index is 5.73. The molecule has 2 N–H and O–H groups in total. The highest BCUT2D eigenvalue weighted by Crippen LogP contribution is 2.27. The van der Waals surface area contributed by atoms with Crippen LogP contribution in [0.4, 0.5) is 5.82 Å². The Morgan fingerprint density at radius 3 is 3.00 bits per heavy atom. The van der Waals surface area contributed by atoms with Crippen molar-refractivity contribution in [1.82, 2.24) is 14.6 Å². The van der Waals surface area contributed by atoms with Gasteiger partial charge in [0.15, 0.2) is 5.82 Å². The lowest BCUT2D eigenvalue weighted by atomic mass is 10.2. The number of hydrogen-bond donors (Lipinski definition) is 1. The van der Waals surface area contributed by atoms with Crippen molar-refractivity contribution in [3.63, 3.8) is 0 Å². The largest absolute Gasteiger partial charge is 0.382 e. The van der Waals surface area contributed by atoms with E-state index in [1.165, 1.54) is 6.33 Å². The summed E-state index contributed by atoms with van der Waals surface area (Å²) in [4.78, 5) is 3.90. The van der Waals surface area contributed by atoms with Crippen molar-refractivity contribution in [2.75, 3.05) is 5.73 Å². The Balaban J connectivity index is 3.06. The van der Waals surface area contributed by atoms with Crippen LogP contribution in [-0.4, -0.2) is 14.6 Å². The molecule has 2 aromatic heterocycles. The molecule has 0 aliphatic heterocycles. The zero-order chi connectivity index (χ0) is 10.3. The first-order valence-electron chi connectivity index (χ1n) is 3.90. The summed E-state index contributed by atoms with van der Waals surface area (Å²) in [7, 11) is 0. The normalized spacial score (nSPS) is 10.4. The molecule has 2 heterocycles. The van der Waals surface area contributed by atoms with Crippen LogP contribution in [0.1, 0.15) is 11.1 Å². The van der Waals surface area contributed by atoms with Crippen LogP contribution < -0.4 is 5.73 Å². The third-order valence-corrected chi connectivity index (χ3v) is 3.00. The van der Waals surface area contributed by atoms with Gasteiger partial charge in [0.2, 0.25) is 0 Å². The van der Waals surface area contributed by atoms with Crippen LogP contribution in [-0.2, 0) is 0 Å². The summed E-state index contributed by atoms with van der Waals surface area (Å²) < 4.78 is 2.46. The summed E-state index contributed by atoms with van der Waals surface area (Å²) in [6.45, 7) is 1.91. The summed E-state index contributed by atoms with van der Waals surface area (Å²) in [6, 6.07) is 0. The number of terminal acetylenes is 1. The Morgan fingerprint density at radius 1 is 1.64 bits per heavy atom. The first-order chi connectivity index (χ1) is 6.66. The maximum Gasteiger partial charge on any atom is 0.152 e. The lowest BCUT2D eigenvalue weighted by molar-refractivity contribution is 0.885. The number of anilines is 1. The number of nitrogen functional groups attached to an aromatic ring is 1. The van der Waals surface area contributed by atoms with Gasteiger partial charge in [-0.3, -0.25) is 0 Å². The van der Waals surface area contributed by atoms with Crippen LogP contribution >= 0.6 is 15.9 Å². The fourth-order valence-corrected chi connectivity index (χ4v) is 1.83. The van der Waals surface area contributed by atoms with Crippen molar-refractivity contribution in [2.24, 2.45) is 0 Å². The molecule has 0 unspecified atom stereocenters. The molecule has 0 atom stereocenters. The van der Waals surface area contributed by atoms with Gasteiger partial charge in [0.1, 0.15) is 16.4 Å². The number of fused-ring (bicyclic) bond motifs is 1. The van der Waals surface area contributed by atoms with Crippen LogP contribution in [0.5, 0.6) is 0 Å². The monoisotopic (exact) mass is 250 g/mol. The van der Waals surface area contributed by atoms with Crippen molar-refractivity contribution in [2.45, 2.75) is 6.92 Å². The third-order valence-electron chi connectivity index (χ3n) is 2.07. The standard InChI is InChI=1S/C9H7BrN4/c1-3-6-5(2)8(10)14-7(6)9(11)12-4-13-14/h1,4H,2H3,(H2,11,12,13). The van der Waals surface area contributed by atoms with E-state index in [1.807, 2.05) is 6.92 Å². The van der Waals surface area contributed by atoms with Gasteiger partial charge in [-0.1, -0.05) is 5.92 Å². The van der Waals surface area contributed by atoms with E-state index in [4.69, 9.17) is 12.2 Å². The van der Waals surface area contributed by atoms with Crippen molar-refractivity contribution in [3.8, 4) is 12.3 Å². The van der Waals surface area contributed by atoms with E-state index < -0.39 is 0 Å². The molecule has 4 nitrogen and oxygen atoms in total. The second-order valence-corrected chi connectivity index (χ2v) is 3.59. The number of aromatic nitrogens is 3. The van der Waals surface area contributed by atoms with Crippen molar-refractivity contribution >= 4 is 27.3 Å². The average Bonchev–Trinajstić information content (AvgIpc) is 2.43. The molecule has 0 aliphatic carbocycles. The Kier molecular flexibility index (Phi) is 1.93. The quantitative estimate of drug-likeness (QED) is 0.719. The van der Waals surface area contributed by atoms with Crippen LogP contribution in [0.3, 0.4) is 0 Å². The van der Waals surface area contributed by atoms with Gasteiger partial charge in [-0.15, -0.1) is 6.42 Å². The van der Waals surface area contributed by atoms with Gasteiger partial charge in [-0.25, -0.2) is 9.50 Å². The molecule has 0 radical (unpaired) electrons. The molecular formula is C9H7BrN4. The molecule has 0 saturated carbocycles.